The van der Waals surface area contributed by atoms with Gasteiger partial charge in [0.1, 0.15) is 5.54 Å². The van der Waals surface area contributed by atoms with Crippen LogP contribution >= 0.6 is 0 Å². The number of hydrogen-bond acceptors (Lipinski definition) is 1. The summed E-state index contributed by atoms with van der Waals surface area (Å²) in [6.07, 6.45) is 8.10. The Hall–Kier alpha value is -3.39. The summed E-state index contributed by atoms with van der Waals surface area (Å²) >= 11 is 0. The van der Waals surface area contributed by atoms with Gasteiger partial charge in [0.05, 0.1) is 12.0 Å². The maximum atomic E-state index is 4.62. The van der Waals surface area contributed by atoms with Crippen LogP contribution in [0.4, 0.5) is 0 Å². The standard InChI is InChI=1S/C25H22N2/c1-2-12-24-19-27(20-26-24)25(21-13-6-3-7-14-21,22-15-8-4-9-16-22)23-17-10-5-11-18-23/h2-20H,1H3/b12-2+. The quantitative estimate of drug-likeness (QED) is 0.419. The Morgan fingerprint density at radius 3 is 1.56 bits per heavy atom. The molecule has 4 rings (SSSR count). The Kier molecular flexibility index (Phi) is 4.71. The van der Waals surface area contributed by atoms with Gasteiger partial charge in [0, 0.05) is 6.20 Å². The van der Waals surface area contributed by atoms with Crippen molar-refractivity contribution < 1.29 is 0 Å². The summed E-state index contributed by atoms with van der Waals surface area (Å²) in [5.41, 5.74) is 4.06. The maximum absolute atomic E-state index is 4.62. The SMILES string of the molecule is C/C=C/c1cn(C(c2ccccc2)(c2ccccc2)c2ccccc2)cn1. The van der Waals surface area contributed by atoms with E-state index in [1.54, 1.807) is 0 Å². The molecule has 0 aliphatic carbocycles. The maximum Gasteiger partial charge on any atom is 0.121 e. The average Bonchev–Trinajstić information content (AvgIpc) is 3.20. The molecule has 2 nitrogen and oxygen atoms in total. The minimum absolute atomic E-state index is 0.489. The summed E-state index contributed by atoms with van der Waals surface area (Å²) in [6.45, 7) is 2.01. The van der Waals surface area contributed by atoms with Crippen molar-refractivity contribution in [2.45, 2.75) is 12.5 Å². The van der Waals surface area contributed by atoms with Gasteiger partial charge in [-0.05, 0) is 29.7 Å². The second-order valence-corrected chi connectivity index (χ2v) is 6.51. The van der Waals surface area contributed by atoms with Gasteiger partial charge in [-0.15, -0.1) is 0 Å². The number of imidazole rings is 1. The fraction of sp³-hybridized carbons (Fsp3) is 0.0800. The summed E-state index contributed by atoms with van der Waals surface area (Å²) in [4.78, 5) is 4.62. The van der Waals surface area contributed by atoms with Crippen LogP contribution in [0.5, 0.6) is 0 Å². The highest BCUT2D eigenvalue weighted by molar-refractivity contribution is 5.52. The number of rotatable bonds is 5. The molecule has 0 spiro atoms. The van der Waals surface area contributed by atoms with Crippen molar-refractivity contribution in [1.82, 2.24) is 9.55 Å². The molecule has 0 atom stereocenters. The lowest BCUT2D eigenvalue weighted by Crippen LogP contribution is -2.36. The Balaban J connectivity index is 2.09. The van der Waals surface area contributed by atoms with Crippen LogP contribution in [0.1, 0.15) is 29.3 Å². The molecular weight excluding hydrogens is 328 g/mol. The lowest BCUT2D eigenvalue weighted by atomic mass is 9.77. The Bertz CT molecular complexity index is 919. The van der Waals surface area contributed by atoms with Crippen LogP contribution in [0.25, 0.3) is 6.08 Å². The molecule has 0 amide bonds. The molecule has 1 aromatic heterocycles. The molecule has 27 heavy (non-hydrogen) atoms. The minimum atomic E-state index is -0.489. The highest BCUT2D eigenvalue weighted by Gasteiger charge is 2.38. The fourth-order valence-corrected chi connectivity index (χ4v) is 3.76. The Morgan fingerprint density at radius 2 is 1.15 bits per heavy atom. The van der Waals surface area contributed by atoms with Gasteiger partial charge in [-0.2, -0.15) is 0 Å². The summed E-state index contributed by atoms with van der Waals surface area (Å²) < 4.78 is 2.22. The molecule has 0 radical (unpaired) electrons. The van der Waals surface area contributed by atoms with Crippen LogP contribution in [-0.4, -0.2) is 9.55 Å². The summed E-state index contributed by atoms with van der Waals surface area (Å²) in [5.74, 6) is 0. The Morgan fingerprint density at radius 1 is 0.704 bits per heavy atom. The summed E-state index contributed by atoms with van der Waals surface area (Å²) in [7, 11) is 0. The average molecular weight is 350 g/mol. The molecule has 0 aliphatic rings. The smallest absolute Gasteiger partial charge is 0.121 e. The molecule has 1 heterocycles. The molecule has 132 valence electrons. The number of allylic oxidation sites excluding steroid dienone is 1. The van der Waals surface area contributed by atoms with Crippen LogP contribution < -0.4 is 0 Å². The number of hydrogen-bond donors (Lipinski definition) is 0. The topological polar surface area (TPSA) is 17.8 Å². The third-order valence-corrected chi connectivity index (χ3v) is 4.90. The number of aromatic nitrogens is 2. The van der Waals surface area contributed by atoms with E-state index >= 15 is 0 Å². The number of benzene rings is 3. The van der Waals surface area contributed by atoms with Gasteiger partial charge in [-0.1, -0.05) is 97.1 Å². The van der Waals surface area contributed by atoms with E-state index in [1.807, 2.05) is 25.4 Å². The highest BCUT2D eigenvalue weighted by Crippen LogP contribution is 2.40. The molecule has 0 N–H and O–H groups in total. The summed E-state index contributed by atoms with van der Waals surface area (Å²) in [5, 5.41) is 0. The lowest BCUT2D eigenvalue weighted by Gasteiger charge is -2.37. The van der Waals surface area contributed by atoms with Crippen molar-refractivity contribution in [3.8, 4) is 0 Å². The second-order valence-electron chi connectivity index (χ2n) is 6.51. The van der Waals surface area contributed by atoms with Gasteiger partial charge in [0.2, 0.25) is 0 Å². The van der Waals surface area contributed by atoms with Gasteiger partial charge in [-0.25, -0.2) is 4.98 Å². The van der Waals surface area contributed by atoms with Gasteiger partial charge < -0.3 is 4.57 Å². The van der Waals surface area contributed by atoms with Crippen LogP contribution in [0.3, 0.4) is 0 Å². The first-order chi connectivity index (χ1) is 13.4. The van der Waals surface area contributed by atoms with Crippen molar-refractivity contribution in [2.75, 3.05) is 0 Å². The molecule has 0 saturated heterocycles. The molecule has 0 saturated carbocycles. The molecule has 0 unspecified atom stereocenters. The van der Waals surface area contributed by atoms with E-state index in [-0.39, 0.29) is 0 Å². The predicted molar refractivity (Wildman–Crippen MR) is 112 cm³/mol. The van der Waals surface area contributed by atoms with Crippen molar-refractivity contribution in [3.05, 3.63) is 132 Å². The van der Waals surface area contributed by atoms with Crippen molar-refractivity contribution >= 4 is 6.08 Å². The monoisotopic (exact) mass is 350 g/mol. The van der Waals surface area contributed by atoms with E-state index in [1.165, 1.54) is 16.7 Å². The first-order valence-corrected chi connectivity index (χ1v) is 9.19. The zero-order valence-corrected chi connectivity index (χ0v) is 15.4. The van der Waals surface area contributed by atoms with E-state index in [0.29, 0.717) is 0 Å². The second kappa shape index (κ2) is 7.46. The van der Waals surface area contributed by atoms with Crippen LogP contribution in [0, 0.1) is 0 Å². The zero-order chi connectivity index (χ0) is 18.5. The molecule has 0 fully saturated rings. The van der Waals surface area contributed by atoms with E-state index < -0.39 is 5.54 Å². The van der Waals surface area contributed by atoms with Gasteiger partial charge >= 0.3 is 0 Å². The molecule has 4 aromatic rings. The van der Waals surface area contributed by atoms with Gasteiger partial charge in [0.25, 0.3) is 0 Å². The Labute approximate surface area is 160 Å². The van der Waals surface area contributed by atoms with Crippen molar-refractivity contribution in [2.24, 2.45) is 0 Å². The van der Waals surface area contributed by atoms with E-state index in [9.17, 15) is 0 Å². The largest absolute Gasteiger partial charge is 0.318 e. The molecule has 0 aliphatic heterocycles. The highest BCUT2D eigenvalue weighted by atomic mass is 15.1. The number of nitrogens with zero attached hydrogens (tertiary/aromatic N) is 2. The van der Waals surface area contributed by atoms with Gasteiger partial charge in [0.15, 0.2) is 0 Å². The first-order valence-electron chi connectivity index (χ1n) is 9.19. The van der Waals surface area contributed by atoms with Crippen molar-refractivity contribution in [3.63, 3.8) is 0 Å². The molecular formula is C25H22N2. The van der Waals surface area contributed by atoms with Crippen LogP contribution in [0.2, 0.25) is 0 Å². The van der Waals surface area contributed by atoms with Gasteiger partial charge in [-0.3, -0.25) is 0 Å². The molecule has 2 heteroatoms. The summed E-state index contributed by atoms with van der Waals surface area (Å²) in [6, 6.07) is 31.9. The first kappa shape index (κ1) is 17.0. The zero-order valence-electron chi connectivity index (χ0n) is 15.4. The van der Waals surface area contributed by atoms with Crippen LogP contribution in [0.15, 0.2) is 110 Å². The van der Waals surface area contributed by atoms with E-state index in [2.05, 4.69) is 107 Å². The normalized spacial score (nSPS) is 11.7. The third-order valence-electron chi connectivity index (χ3n) is 4.90. The fourth-order valence-electron chi connectivity index (χ4n) is 3.76. The molecule has 0 bridgehead atoms. The van der Waals surface area contributed by atoms with E-state index in [4.69, 9.17) is 0 Å². The predicted octanol–water partition coefficient (Wildman–Crippen LogP) is 5.76. The van der Waals surface area contributed by atoms with Crippen molar-refractivity contribution in [1.29, 1.82) is 0 Å². The van der Waals surface area contributed by atoms with Crippen LogP contribution in [-0.2, 0) is 5.54 Å². The third kappa shape index (κ3) is 3.00. The minimum Gasteiger partial charge on any atom is -0.318 e. The molecule has 3 aromatic carbocycles. The lowest BCUT2D eigenvalue weighted by molar-refractivity contribution is 0.514. The van der Waals surface area contributed by atoms with E-state index in [0.717, 1.165) is 5.69 Å².